The second-order valence-corrected chi connectivity index (χ2v) is 5.59. The van der Waals surface area contributed by atoms with Crippen molar-refractivity contribution in [2.24, 2.45) is 5.92 Å². The molecular formula is C14H21NO4S. The molecule has 0 saturated heterocycles. The highest BCUT2D eigenvalue weighted by molar-refractivity contribution is 7.07. The first-order valence-electron chi connectivity index (χ1n) is 6.76. The molecule has 6 heteroatoms. The van der Waals surface area contributed by atoms with Gasteiger partial charge in [0.15, 0.2) is 0 Å². The first-order chi connectivity index (χ1) is 9.60. The summed E-state index contributed by atoms with van der Waals surface area (Å²) in [4.78, 5) is 22.1. The highest BCUT2D eigenvalue weighted by Crippen LogP contribution is 2.22. The van der Waals surface area contributed by atoms with Crippen LogP contribution >= 0.6 is 11.3 Å². The molecule has 20 heavy (non-hydrogen) atoms. The fourth-order valence-corrected chi connectivity index (χ4v) is 3.04. The summed E-state index contributed by atoms with van der Waals surface area (Å²) in [5.41, 5.74) is 1.20. The normalized spacial score (nSPS) is 13.7. The Morgan fingerprint density at radius 1 is 1.50 bits per heavy atom. The van der Waals surface area contributed by atoms with E-state index in [1.807, 2.05) is 23.8 Å². The molecule has 1 heterocycles. The summed E-state index contributed by atoms with van der Waals surface area (Å²) in [6.45, 7) is 1.90. The molecule has 1 aromatic rings. The number of hydroxylamine groups is 2. The quantitative estimate of drug-likeness (QED) is 0.395. The van der Waals surface area contributed by atoms with Crippen LogP contribution < -0.4 is 0 Å². The van der Waals surface area contributed by atoms with Crippen molar-refractivity contribution in [3.05, 3.63) is 22.4 Å². The Hall–Kier alpha value is -1.40. The number of nitrogens with zero attached hydrogens (tertiary/aromatic N) is 1. The highest BCUT2D eigenvalue weighted by atomic mass is 32.1. The van der Waals surface area contributed by atoms with Crippen molar-refractivity contribution < 1.29 is 19.9 Å². The number of carboxylic acids is 1. The van der Waals surface area contributed by atoms with Gasteiger partial charge in [0.05, 0.1) is 12.0 Å². The molecule has 0 aliphatic heterocycles. The number of carboxylic acid groups (broad SMARTS) is 1. The molecule has 0 spiro atoms. The number of hydrogen-bond acceptors (Lipinski definition) is 4. The van der Waals surface area contributed by atoms with Crippen LogP contribution in [0.2, 0.25) is 0 Å². The largest absolute Gasteiger partial charge is 0.481 e. The van der Waals surface area contributed by atoms with Crippen LogP contribution in [0.5, 0.6) is 0 Å². The van der Waals surface area contributed by atoms with Crippen molar-refractivity contribution in [3.63, 3.8) is 0 Å². The molecule has 0 fully saturated rings. The molecule has 0 aliphatic carbocycles. The lowest BCUT2D eigenvalue weighted by Crippen LogP contribution is -2.41. The van der Waals surface area contributed by atoms with Crippen molar-refractivity contribution in [3.8, 4) is 0 Å². The average molecular weight is 299 g/mol. The molecule has 0 aliphatic rings. The summed E-state index contributed by atoms with van der Waals surface area (Å²) < 4.78 is 0. The summed E-state index contributed by atoms with van der Waals surface area (Å²) >= 11 is 1.62. The number of hydrogen-bond donors (Lipinski definition) is 2. The minimum Gasteiger partial charge on any atom is -0.481 e. The zero-order valence-electron chi connectivity index (χ0n) is 11.6. The SMILES string of the molecule is CCCC(C(CCCc1ccsc1)C(=O)O)N(O)C=O. The smallest absolute Gasteiger partial charge is 0.308 e. The third-order valence-corrected chi connectivity index (χ3v) is 4.11. The van der Waals surface area contributed by atoms with Crippen LogP contribution in [0.25, 0.3) is 0 Å². The third kappa shape index (κ3) is 4.94. The topological polar surface area (TPSA) is 77.8 Å². The second-order valence-electron chi connectivity index (χ2n) is 4.81. The fourth-order valence-electron chi connectivity index (χ4n) is 2.33. The Bertz CT molecular complexity index is 407. The van der Waals surface area contributed by atoms with Crippen LogP contribution in [-0.2, 0) is 16.0 Å². The van der Waals surface area contributed by atoms with Gasteiger partial charge in [0, 0.05) is 0 Å². The standard InChI is InChI=1S/C14H21NO4S/c1-2-4-13(15(19)10-16)12(14(17)18)6-3-5-11-7-8-20-9-11/h7-10,12-13,19H,2-6H2,1H3,(H,17,18). The van der Waals surface area contributed by atoms with Gasteiger partial charge in [-0.05, 0) is 48.1 Å². The maximum atomic E-state index is 11.4. The number of carbonyl (C=O) groups excluding carboxylic acids is 1. The van der Waals surface area contributed by atoms with Gasteiger partial charge < -0.3 is 5.11 Å². The van der Waals surface area contributed by atoms with Gasteiger partial charge in [-0.25, -0.2) is 5.06 Å². The summed E-state index contributed by atoms with van der Waals surface area (Å²) in [6.07, 6.45) is 3.46. The van der Waals surface area contributed by atoms with Crippen LogP contribution in [0.3, 0.4) is 0 Å². The van der Waals surface area contributed by atoms with E-state index in [1.54, 1.807) is 11.3 Å². The molecule has 1 aromatic heterocycles. The average Bonchev–Trinajstić information content (AvgIpc) is 2.93. The Morgan fingerprint density at radius 3 is 2.75 bits per heavy atom. The minimum absolute atomic E-state index is 0.287. The fraction of sp³-hybridized carbons (Fsp3) is 0.571. The second kappa shape index (κ2) is 8.71. The molecule has 1 amide bonds. The monoisotopic (exact) mass is 299 g/mol. The Labute approximate surface area is 122 Å². The maximum Gasteiger partial charge on any atom is 0.308 e. The highest BCUT2D eigenvalue weighted by Gasteiger charge is 2.31. The zero-order chi connectivity index (χ0) is 15.0. The predicted octanol–water partition coefficient (Wildman–Crippen LogP) is 2.79. The molecule has 2 N–H and O–H groups in total. The number of carbonyl (C=O) groups is 2. The summed E-state index contributed by atoms with van der Waals surface area (Å²) in [5.74, 6) is -1.70. The van der Waals surface area contributed by atoms with Gasteiger partial charge in [-0.2, -0.15) is 11.3 Å². The summed E-state index contributed by atoms with van der Waals surface area (Å²) in [7, 11) is 0. The van der Waals surface area contributed by atoms with Gasteiger partial charge in [0.2, 0.25) is 6.41 Å². The molecule has 2 atom stereocenters. The van der Waals surface area contributed by atoms with E-state index >= 15 is 0 Å². The van der Waals surface area contributed by atoms with Crippen LogP contribution in [0.15, 0.2) is 16.8 Å². The molecule has 0 aromatic carbocycles. The van der Waals surface area contributed by atoms with E-state index in [0.717, 1.165) is 12.8 Å². The first-order valence-corrected chi connectivity index (χ1v) is 7.70. The maximum absolute atomic E-state index is 11.4. The number of rotatable bonds is 10. The molecule has 0 radical (unpaired) electrons. The summed E-state index contributed by atoms with van der Waals surface area (Å²) in [6, 6.07) is 1.37. The third-order valence-electron chi connectivity index (χ3n) is 3.37. The van der Waals surface area contributed by atoms with Gasteiger partial charge in [-0.3, -0.25) is 14.8 Å². The van der Waals surface area contributed by atoms with Crippen LogP contribution in [0.1, 0.15) is 38.2 Å². The van der Waals surface area contributed by atoms with Crippen molar-refractivity contribution in [1.82, 2.24) is 5.06 Å². The zero-order valence-corrected chi connectivity index (χ0v) is 12.4. The number of aryl methyl sites for hydroxylation is 1. The molecule has 1 rings (SSSR count). The Morgan fingerprint density at radius 2 is 2.25 bits per heavy atom. The van der Waals surface area contributed by atoms with Crippen molar-refractivity contribution >= 4 is 23.7 Å². The number of amides is 1. The van der Waals surface area contributed by atoms with Gasteiger partial charge in [0.25, 0.3) is 0 Å². The lowest BCUT2D eigenvalue weighted by molar-refractivity contribution is -0.173. The number of aliphatic carboxylic acids is 1. The van der Waals surface area contributed by atoms with Crippen LogP contribution in [0.4, 0.5) is 0 Å². The molecule has 0 bridgehead atoms. The summed E-state index contributed by atoms with van der Waals surface area (Å²) in [5, 5.41) is 23.4. The van der Waals surface area contributed by atoms with E-state index in [2.05, 4.69) is 0 Å². The van der Waals surface area contributed by atoms with Crippen molar-refractivity contribution in [2.45, 2.75) is 45.1 Å². The molecular weight excluding hydrogens is 278 g/mol. The number of thiophene rings is 1. The van der Waals surface area contributed by atoms with E-state index < -0.39 is 17.9 Å². The molecule has 0 saturated carbocycles. The minimum atomic E-state index is -0.963. The molecule has 2 unspecified atom stereocenters. The van der Waals surface area contributed by atoms with Gasteiger partial charge >= 0.3 is 5.97 Å². The van der Waals surface area contributed by atoms with Crippen LogP contribution in [-0.4, -0.2) is 33.8 Å². The molecule has 5 nitrogen and oxygen atoms in total. The Kier molecular flexibility index (Phi) is 7.25. The Balaban J connectivity index is 2.60. The van der Waals surface area contributed by atoms with Gasteiger partial charge in [-0.1, -0.05) is 13.3 Å². The van der Waals surface area contributed by atoms with Crippen molar-refractivity contribution in [1.29, 1.82) is 0 Å². The first kappa shape index (κ1) is 16.7. The van der Waals surface area contributed by atoms with Gasteiger partial charge in [-0.15, -0.1) is 0 Å². The van der Waals surface area contributed by atoms with E-state index in [-0.39, 0.29) is 6.41 Å². The van der Waals surface area contributed by atoms with E-state index in [0.29, 0.717) is 24.3 Å². The lowest BCUT2D eigenvalue weighted by Gasteiger charge is -2.27. The lowest BCUT2D eigenvalue weighted by atomic mass is 9.90. The molecule has 112 valence electrons. The van der Waals surface area contributed by atoms with Crippen molar-refractivity contribution in [2.75, 3.05) is 0 Å². The van der Waals surface area contributed by atoms with E-state index in [1.165, 1.54) is 5.56 Å². The van der Waals surface area contributed by atoms with Crippen LogP contribution in [0, 0.1) is 5.92 Å². The predicted molar refractivity (Wildman–Crippen MR) is 76.8 cm³/mol. The van der Waals surface area contributed by atoms with Gasteiger partial charge in [0.1, 0.15) is 0 Å². The van der Waals surface area contributed by atoms with E-state index in [9.17, 15) is 19.9 Å². The van der Waals surface area contributed by atoms with E-state index in [4.69, 9.17) is 0 Å².